The van der Waals surface area contributed by atoms with Crippen LogP contribution >= 0.6 is 24.0 Å². The van der Waals surface area contributed by atoms with E-state index in [0.717, 1.165) is 63.0 Å². The minimum atomic E-state index is 0. The van der Waals surface area contributed by atoms with Crippen molar-refractivity contribution in [2.75, 3.05) is 32.8 Å². The SMILES string of the molecule is C=C(C)CNC(=NCC1(CCOCC)CCCC1)NCCc1ccco1.I. The molecule has 154 valence electrons. The minimum Gasteiger partial charge on any atom is -0.469 e. The first-order valence-electron chi connectivity index (χ1n) is 9.90. The summed E-state index contributed by atoms with van der Waals surface area (Å²) < 4.78 is 11.0. The Kier molecular flexibility index (Phi) is 11.7. The Morgan fingerprint density at radius 3 is 2.74 bits per heavy atom. The van der Waals surface area contributed by atoms with Crippen LogP contribution in [0.3, 0.4) is 0 Å². The van der Waals surface area contributed by atoms with Crippen molar-refractivity contribution in [3.05, 3.63) is 36.3 Å². The number of aliphatic imine (C=N–C) groups is 1. The molecule has 1 aromatic rings. The topological polar surface area (TPSA) is 58.8 Å². The fourth-order valence-corrected chi connectivity index (χ4v) is 3.46. The number of guanidine groups is 1. The Bertz CT molecular complexity index is 552. The van der Waals surface area contributed by atoms with E-state index in [4.69, 9.17) is 14.1 Å². The summed E-state index contributed by atoms with van der Waals surface area (Å²) in [5.41, 5.74) is 1.39. The molecule has 1 fully saturated rings. The highest BCUT2D eigenvalue weighted by atomic mass is 127. The van der Waals surface area contributed by atoms with Crippen molar-refractivity contribution >= 4 is 29.9 Å². The Labute approximate surface area is 181 Å². The van der Waals surface area contributed by atoms with Crippen molar-refractivity contribution in [2.45, 2.75) is 52.4 Å². The number of furan rings is 1. The van der Waals surface area contributed by atoms with Gasteiger partial charge >= 0.3 is 0 Å². The van der Waals surface area contributed by atoms with Gasteiger partial charge < -0.3 is 19.8 Å². The molecule has 5 nitrogen and oxygen atoms in total. The minimum absolute atomic E-state index is 0. The first-order valence-corrected chi connectivity index (χ1v) is 9.90. The molecule has 0 saturated heterocycles. The van der Waals surface area contributed by atoms with E-state index in [1.165, 1.54) is 25.7 Å². The van der Waals surface area contributed by atoms with E-state index in [2.05, 4.69) is 24.1 Å². The molecule has 0 amide bonds. The summed E-state index contributed by atoms with van der Waals surface area (Å²) in [7, 11) is 0. The second-order valence-corrected chi connectivity index (χ2v) is 7.39. The van der Waals surface area contributed by atoms with E-state index in [0.29, 0.717) is 5.41 Å². The van der Waals surface area contributed by atoms with Gasteiger partial charge in [-0.25, -0.2) is 0 Å². The first-order chi connectivity index (χ1) is 12.6. The van der Waals surface area contributed by atoms with Gasteiger partial charge in [-0.2, -0.15) is 0 Å². The molecular weight excluding hydrogens is 453 g/mol. The predicted octanol–water partition coefficient (Wildman–Crippen LogP) is 4.54. The Balaban J connectivity index is 0.00000364. The van der Waals surface area contributed by atoms with Crippen LogP contribution in [-0.2, 0) is 11.2 Å². The maximum absolute atomic E-state index is 5.61. The third-order valence-corrected chi connectivity index (χ3v) is 5.02. The molecule has 0 aromatic carbocycles. The first kappa shape index (κ1) is 24.0. The molecule has 1 aromatic heterocycles. The Hall–Kier alpha value is -1.02. The van der Waals surface area contributed by atoms with Crippen LogP contribution in [0.1, 0.15) is 51.7 Å². The van der Waals surface area contributed by atoms with E-state index < -0.39 is 0 Å². The molecule has 0 atom stereocenters. The molecule has 1 saturated carbocycles. The molecule has 0 spiro atoms. The fourth-order valence-electron chi connectivity index (χ4n) is 3.46. The van der Waals surface area contributed by atoms with Crippen LogP contribution in [0.2, 0.25) is 0 Å². The van der Waals surface area contributed by atoms with Crippen molar-refractivity contribution in [3.8, 4) is 0 Å². The lowest BCUT2D eigenvalue weighted by molar-refractivity contribution is 0.107. The summed E-state index contributed by atoms with van der Waals surface area (Å²) in [4.78, 5) is 4.91. The zero-order valence-corrected chi connectivity index (χ0v) is 19.2. The lowest BCUT2D eigenvalue weighted by Crippen LogP contribution is -2.40. The molecule has 2 rings (SSSR count). The molecule has 6 heteroatoms. The number of halogens is 1. The molecule has 2 N–H and O–H groups in total. The summed E-state index contributed by atoms with van der Waals surface area (Å²) in [5.74, 6) is 1.85. The van der Waals surface area contributed by atoms with E-state index in [1.807, 2.05) is 19.1 Å². The van der Waals surface area contributed by atoms with Gasteiger partial charge in [-0.05, 0) is 50.7 Å². The van der Waals surface area contributed by atoms with Crippen molar-refractivity contribution in [1.29, 1.82) is 0 Å². The quantitative estimate of drug-likeness (QED) is 0.158. The number of hydrogen-bond acceptors (Lipinski definition) is 3. The average Bonchev–Trinajstić information content (AvgIpc) is 3.29. The second kappa shape index (κ2) is 13.2. The molecule has 1 aliphatic rings. The van der Waals surface area contributed by atoms with Gasteiger partial charge in [-0.3, -0.25) is 4.99 Å². The third kappa shape index (κ3) is 9.14. The van der Waals surface area contributed by atoms with Crippen LogP contribution in [-0.4, -0.2) is 38.8 Å². The van der Waals surface area contributed by atoms with Crippen molar-refractivity contribution in [3.63, 3.8) is 0 Å². The zero-order chi connectivity index (χ0) is 18.7. The number of nitrogens with one attached hydrogen (secondary N) is 2. The summed E-state index contributed by atoms with van der Waals surface area (Å²) >= 11 is 0. The van der Waals surface area contributed by atoms with Gasteiger partial charge in [0, 0.05) is 39.3 Å². The lowest BCUT2D eigenvalue weighted by atomic mass is 9.83. The monoisotopic (exact) mass is 489 g/mol. The van der Waals surface area contributed by atoms with Crippen molar-refractivity contribution in [2.24, 2.45) is 10.4 Å². The van der Waals surface area contributed by atoms with E-state index in [-0.39, 0.29) is 24.0 Å². The van der Waals surface area contributed by atoms with Gasteiger partial charge in [0.25, 0.3) is 0 Å². The van der Waals surface area contributed by atoms with Crippen LogP contribution in [0.25, 0.3) is 0 Å². The lowest BCUT2D eigenvalue weighted by Gasteiger charge is -2.27. The number of hydrogen-bond donors (Lipinski definition) is 2. The van der Waals surface area contributed by atoms with Gasteiger partial charge in [-0.1, -0.05) is 25.0 Å². The summed E-state index contributed by atoms with van der Waals surface area (Å²) in [6.07, 6.45) is 8.78. The standard InChI is InChI=1S/C21H35N3O2.HI/c1-4-25-15-12-21(10-5-6-11-21)17-24-20(23-16-18(2)3)22-13-9-19-8-7-14-26-19;/h7-8,14H,2,4-6,9-13,15-17H2,1,3H3,(H2,22,23,24);1H. The molecule has 1 aliphatic carbocycles. The van der Waals surface area contributed by atoms with Gasteiger partial charge in [0.2, 0.25) is 0 Å². The second-order valence-electron chi connectivity index (χ2n) is 7.39. The third-order valence-electron chi connectivity index (χ3n) is 5.02. The Morgan fingerprint density at radius 2 is 2.11 bits per heavy atom. The molecular formula is C21H36IN3O2. The van der Waals surface area contributed by atoms with Crippen LogP contribution < -0.4 is 10.6 Å². The maximum Gasteiger partial charge on any atom is 0.191 e. The average molecular weight is 489 g/mol. The molecule has 0 radical (unpaired) electrons. The largest absolute Gasteiger partial charge is 0.469 e. The molecule has 27 heavy (non-hydrogen) atoms. The highest BCUT2D eigenvalue weighted by Gasteiger charge is 2.33. The van der Waals surface area contributed by atoms with Crippen molar-refractivity contribution < 1.29 is 9.15 Å². The van der Waals surface area contributed by atoms with Gasteiger partial charge in [0.1, 0.15) is 5.76 Å². The molecule has 0 aliphatic heterocycles. The smallest absolute Gasteiger partial charge is 0.191 e. The summed E-state index contributed by atoms with van der Waals surface area (Å²) in [6.45, 7) is 12.1. The van der Waals surface area contributed by atoms with Gasteiger partial charge in [0.15, 0.2) is 5.96 Å². The maximum atomic E-state index is 5.61. The highest BCUT2D eigenvalue weighted by Crippen LogP contribution is 2.41. The number of nitrogens with zero attached hydrogens (tertiary/aromatic N) is 1. The van der Waals surface area contributed by atoms with Gasteiger partial charge in [0.05, 0.1) is 6.26 Å². The van der Waals surface area contributed by atoms with Crippen LogP contribution in [0.4, 0.5) is 0 Å². The van der Waals surface area contributed by atoms with Crippen LogP contribution in [0.5, 0.6) is 0 Å². The van der Waals surface area contributed by atoms with Gasteiger partial charge in [-0.15, -0.1) is 24.0 Å². The molecule has 0 unspecified atom stereocenters. The van der Waals surface area contributed by atoms with Crippen LogP contribution in [0.15, 0.2) is 40.0 Å². The zero-order valence-electron chi connectivity index (χ0n) is 16.9. The highest BCUT2D eigenvalue weighted by molar-refractivity contribution is 14.0. The summed E-state index contributed by atoms with van der Waals surface area (Å²) in [5, 5.41) is 6.81. The normalized spacial score (nSPS) is 16.0. The van der Waals surface area contributed by atoms with Crippen molar-refractivity contribution in [1.82, 2.24) is 10.6 Å². The van der Waals surface area contributed by atoms with E-state index in [9.17, 15) is 0 Å². The number of ether oxygens (including phenoxy) is 1. The summed E-state index contributed by atoms with van der Waals surface area (Å²) in [6, 6.07) is 3.92. The van der Waals surface area contributed by atoms with E-state index >= 15 is 0 Å². The Morgan fingerprint density at radius 1 is 1.33 bits per heavy atom. The molecule has 1 heterocycles. The van der Waals surface area contributed by atoms with Crippen LogP contribution in [0, 0.1) is 5.41 Å². The predicted molar refractivity (Wildman–Crippen MR) is 123 cm³/mol. The molecule has 0 bridgehead atoms. The number of rotatable bonds is 11. The fraction of sp³-hybridized carbons (Fsp3) is 0.667. The van der Waals surface area contributed by atoms with E-state index in [1.54, 1.807) is 6.26 Å².